The number of nitrogens with one attached hydrogen (secondary N) is 1. The van der Waals surface area contributed by atoms with E-state index in [4.69, 9.17) is 0 Å². The van der Waals surface area contributed by atoms with Gasteiger partial charge in [-0.1, -0.05) is 48.5 Å². The van der Waals surface area contributed by atoms with E-state index in [1.54, 1.807) is 10.9 Å². The molecular weight excluding hydrogens is 330 g/mol. The maximum absolute atomic E-state index is 11.6. The van der Waals surface area contributed by atoms with Gasteiger partial charge >= 0.3 is 6.03 Å². The van der Waals surface area contributed by atoms with Gasteiger partial charge in [0.1, 0.15) is 12.2 Å². The molecule has 1 N–H and O–H groups in total. The summed E-state index contributed by atoms with van der Waals surface area (Å²) in [6, 6.07) is 18.9. The molecule has 3 amide bonds. The van der Waals surface area contributed by atoms with E-state index in [-0.39, 0.29) is 12.5 Å². The van der Waals surface area contributed by atoms with Crippen molar-refractivity contribution < 1.29 is 9.59 Å². The number of imide groups is 1. The molecule has 3 aromatic rings. The average Bonchev–Trinajstić information content (AvgIpc) is 3.24. The molecule has 2 aromatic carbocycles. The molecule has 2 heterocycles. The van der Waals surface area contributed by atoms with Gasteiger partial charge in [-0.2, -0.15) is 10.2 Å². The van der Waals surface area contributed by atoms with E-state index in [0.29, 0.717) is 0 Å². The molecule has 0 unspecified atom stereocenters. The van der Waals surface area contributed by atoms with Crippen molar-refractivity contribution >= 4 is 18.2 Å². The number of nitrogens with zero attached hydrogens (tertiary/aromatic N) is 4. The SMILES string of the molecule is O=C1CN(/N=C\c2cn(-c3ccccc3)nc2-c2ccccc2)C(=O)N1. The molecular formula is C19H15N5O2. The minimum absolute atomic E-state index is 0.0805. The zero-order valence-electron chi connectivity index (χ0n) is 13.7. The quantitative estimate of drug-likeness (QED) is 0.582. The molecule has 1 fully saturated rings. The Kier molecular flexibility index (Phi) is 4.03. The molecule has 1 saturated heterocycles. The summed E-state index contributed by atoms with van der Waals surface area (Å²) in [6.45, 7) is -0.0805. The standard InChI is InChI=1S/C19H15N5O2/c25-17-13-24(19(26)21-17)20-11-15-12-23(16-9-5-2-6-10-16)22-18(15)14-7-3-1-4-8-14/h1-12H,13H2,(H,21,25,26)/b20-11-. The molecule has 1 aliphatic rings. The number of amides is 3. The van der Waals surface area contributed by atoms with Gasteiger partial charge < -0.3 is 0 Å². The number of rotatable bonds is 4. The summed E-state index contributed by atoms with van der Waals surface area (Å²) in [5.74, 6) is -0.365. The lowest BCUT2D eigenvalue weighted by molar-refractivity contribution is -0.118. The van der Waals surface area contributed by atoms with E-state index in [1.807, 2.05) is 66.9 Å². The van der Waals surface area contributed by atoms with Crippen LogP contribution in [-0.2, 0) is 4.79 Å². The Labute approximate surface area is 149 Å². The third-order valence-electron chi connectivity index (χ3n) is 3.92. The molecule has 4 rings (SSSR count). The minimum atomic E-state index is -0.525. The van der Waals surface area contributed by atoms with E-state index in [2.05, 4.69) is 15.5 Å². The van der Waals surface area contributed by atoms with Crippen molar-refractivity contribution in [2.75, 3.05) is 6.54 Å². The fraction of sp³-hybridized carbons (Fsp3) is 0.0526. The largest absolute Gasteiger partial charge is 0.344 e. The van der Waals surface area contributed by atoms with Crippen LogP contribution in [0.3, 0.4) is 0 Å². The number of benzene rings is 2. The van der Waals surface area contributed by atoms with Crippen LogP contribution in [0, 0.1) is 0 Å². The van der Waals surface area contributed by atoms with E-state index < -0.39 is 6.03 Å². The van der Waals surface area contributed by atoms with Gasteiger partial charge in [-0.25, -0.2) is 14.5 Å². The predicted molar refractivity (Wildman–Crippen MR) is 96.8 cm³/mol. The van der Waals surface area contributed by atoms with Crippen LogP contribution in [-0.4, -0.2) is 39.5 Å². The maximum atomic E-state index is 11.6. The average molecular weight is 345 g/mol. The Balaban J connectivity index is 1.73. The lowest BCUT2D eigenvalue weighted by atomic mass is 10.1. The highest BCUT2D eigenvalue weighted by Gasteiger charge is 2.26. The first-order chi connectivity index (χ1) is 12.7. The highest BCUT2D eigenvalue weighted by Crippen LogP contribution is 2.22. The maximum Gasteiger partial charge on any atom is 0.344 e. The molecule has 0 atom stereocenters. The second-order valence-electron chi connectivity index (χ2n) is 5.73. The van der Waals surface area contributed by atoms with Gasteiger partial charge in [0, 0.05) is 17.3 Å². The summed E-state index contributed by atoms with van der Waals surface area (Å²) in [7, 11) is 0. The van der Waals surface area contributed by atoms with Crippen molar-refractivity contribution in [3.05, 3.63) is 72.4 Å². The number of carbonyl (C=O) groups is 2. The molecule has 0 bridgehead atoms. The summed E-state index contributed by atoms with van der Waals surface area (Å²) in [5, 5.41) is 12.1. The molecule has 26 heavy (non-hydrogen) atoms. The van der Waals surface area contributed by atoms with E-state index >= 15 is 0 Å². The highest BCUT2D eigenvalue weighted by atomic mass is 16.2. The summed E-state index contributed by atoms with van der Waals surface area (Å²) >= 11 is 0. The summed E-state index contributed by atoms with van der Waals surface area (Å²) in [4.78, 5) is 22.9. The van der Waals surface area contributed by atoms with Gasteiger partial charge in [-0.15, -0.1) is 0 Å². The monoisotopic (exact) mass is 345 g/mol. The number of carbonyl (C=O) groups excluding carboxylic acids is 2. The molecule has 0 saturated carbocycles. The van der Waals surface area contributed by atoms with E-state index in [9.17, 15) is 9.59 Å². The Morgan fingerprint density at radius 1 is 1.00 bits per heavy atom. The normalized spacial score (nSPS) is 14.2. The molecule has 0 radical (unpaired) electrons. The number of hydrazone groups is 1. The third kappa shape index (κ3) is 3.10. The summed E-state index contributed by atoms with van der Waals surface area (Å²) in [5.41, 5.74) is 3.33. The van der Waals surface area contributed by atoms with Crippen LogP contribution < -0.4 is 5.32 Å². The molecule has 0 aliphatic carbocycles. The zero-order valence-corrected chi connectivity index (χ0v) is 13.7. The van der Waals surface area contributed by atoms with Gasteiger partial charge in [0.05, 0.1) is 11.9 Å². The summed E-state index contributed by atoms with van der Waals surface area (Å²) in [6.07, 6.45) is 3.39. The predicted octanol–water partition coefficient (Wildman–Crippen LogP) is 2.42. The smallest absolute Gasteiger partial charge is 0.275 e. The van der Waals surface area contributed by atoms with Crippen molar-refractivity contribution in [1.29, 1.82) is 0 Å². The first kappa shape index (κ1) is 15.8. The first-order valence-electron chi connectivity index (χ1n) is 8.06. The lowest BCUT2D eigenvalue weighted by Crippen LogP contribution is -2.24. The molecule has 128 valence electrons. The van der Waals surface area contributed by atoms with Gasteiger partial charge in [-0.05, 0) is 12.1 Å². The van der Waals surface area contributed by atoms with Crippen molar-refractivity contribution in [3.63, 3.8) is 0 Å². The third-order valence-corrected chi connectivity index (χ3v) is 3.92. The van der Waals surface area contributed by atoms with Crippen LogP contribution in [0.15, 0.2) is 72.0 Å². The van der Waals surface area contributed by atoms with Crippen LogP contribution in [0.1, 0.15) is 5.56 Å². The molecule has 7 heteroatoms. The molecule has 1 aromatic heterocycles. The Bertz CT molecular complexity index is 980. The molecule has 1 aliphatic heterocycles. The van der Waals surface area contributed by atoms with E-state index in [0.717, 1.165) is 27.5 Å². The minimum Gasteiger partial charge on any atom is -0.275 e. The molecule has 0 spiro atoms. The van der Waals surface area contributed by atoms with Gasteiger partial charge in [0.25, 0.3) is 0 Å². The second kappa shape index (κ2) is 6.64. The number of aromatic nitrogens is 2. The zero-order chi connectivity index (χ0) is 17.9. The number of para-hydroxylation sites is 1. The first-order valence-corrected chi connectivity index (χ1v) is 8.06. The van der Waals surface area contributed by atoms with Crippen molar-refractivity contribution in [3.8, 4) is 16.9 Å². The Morgan fingerprint density at radius 2 is 1.69 bits per heavy atom. The van der Waals surface area contributed by atoms with Crippen LogP contribution in [0.2, 0.25) is 0 Å². The lowest BCUT2D eigenvalue weighted by Gasteiger charge is -2.04. The second-order valence-corrected chi connectivity index (χ2v) is 5.73. The van der Waals surface area contributed by atoms with Gasteiger partial charge in [0.2, 0.25) is 5.91 Å². The molecule has 7 nitrogen and oxygen atoms in total. The Morgan fingerprint density at radius 3 is 2.35 bits per heavy atom. The number of hydrogen-bond acceptors (Lipinski definition) is 4. The fourth-order valence-electron chi connectivity index (χ4n) is 2.67. The van der Waals surface area contributed by atoms with Crippen LogP contribution in [0.25, 0.3) is 16.9 Å². The fourth-order valence-corrected chi connectivity index (χ4v) is 2.67. The number of urea groups is 1. The van der Waals surface area contributed by atoms with Crippen molar-refractivity contribution in [2.45, 2.75) is 0 Å². The van der Waals surface area contributed by atoms with Crippen LogP contribution >= 0.6 is 0 Å². The van der Waals surface area contributed by atoms with Gasteiger partial charge in [0.15, 0.2) is 0 Å². The van der Waals surface area contributed by atoms with Crippen molar-refractivity contribution in [1.82, 2.24) is 20.1 Å². The number of hydrogen-bond donors (Lipinski definition) is 1. The topological polar surface area (TPSA) is 79.6 Å². The van der Waals surface area contributed by atoms with Crippen LogP contribution in [0.4, 0.5) is 4.79 Å². The highest BCUT2D eigenvalue weighted by molar-refractivity contribution is 6.02. The van der Waals surface area contributed by atoms with Crippen molar-refractivity contribution in [2.24, 2.45) is 5.10 Å². The van der Waals surface area contributed by atoms with E-state index in [1.165, 1.54) is 0 Å². The van der Waals surface area contributed by atoms with Crippen LogP contribution in [0.5, 0.6) is 0 Å². The summed E-state index contributed by atoms with van der Waals surface area (Å²) < 4.78 is 1.76. The van der Waals surface area contributed by atoms with Gasteiger partial charge in [-0.3, -0.25) is 10.1 Å². The Hall–Kier alpha value is -3.74.